The van der Waals surface area contributed by atoms with E-state index in [4.69, 9.17) is 4.74 Å². The molecule has 0 bridgehead atoms. The van der Waals surface area contributed by atoms with E-state index in [-0.39, 0.29) is 6.04 Å². The van der Waals surface area contributed by atoms with Gasteiger partial charge in [-0.25, -0.2) is 0 Å². The molecule has 4 rings (SSSR count). The summed E-state index contributed by atoms with van der Waals surface area (Å²) in [5.41, 5.74) is 3.11. The van der Waals surface area contributed by atoms with Gasteiger partial charge >= 0.3 is 5.97 Å². The van der Waals surface area contributed by atoms with Gasteiger partial charge in [0.05, 0.1) is 5.92 Å². The molecule has 5 nitrogen and oxygen atoms in total. The number of nitrogens with zero attached hydrogens (tertiary/aromatic N) is 2. The first-order valence-corrected chi connectivity index (χ1v) is 8.03. The summed E-state index contributed by atoms with van der Waals surface area (Å²) in [4.78, 5) is 13.8. The molecule has 0 saturated carbocycles. The fourth-order valence-electron chi connectivity index (χ4n) is 4.76. The van der Waals surface area contributed by atoms with Crippen molar-refractivity contribution in [2.24, 2.45) is 13.0 Å². The second-order valence-corrected chi connectivity index (χ2v) is 6.96. The Hall–Kier alpha value is -1.85. The Kier molecular flexibility index (Phi) is 3.09. The number of carboxylic acid groups (broad SMARTS) is 1. The van der Waals surface area contributed by atoms with Crippen molar-refractivity contribution in [3.05, 3.63) is 35.5 Å². The molecule has 1 aliphatic carbocycles. The fourth-order valence-corrected chi connectivity index (χ4v) is 4.76. The number of aryl methyl sites for hydroxylation is 1. The largest absolute Gasteiger partial charge is 0.481 e. The van der Waals surface area contributed by atoms with Gasteiger partial charge in [0, 0.05) is 43.8 Å². The molecular formula is C18H22N2O3. The Labute approximate surface area is 135 Å². The maximum Gasteiger partial charge on any atom is 0.307 e. The lowest BCUT2D eigenvalue weighted by atomic mass is 9.70. The lowest BCUT2D eigenvalue weighted by Gasteiger charge is -2.52. The number of fused-ring (bicyclic) bond motifs is 2. The minimum Gasteiger partial charge on any atom is -0.481 e. The Morgan fingerprint density at radius 2 is 2.17 bits per heavy atom. The molecule has 2 aliphatic rings. The van der Waals surface area contributed by atoms with Gasteiger partial charge in [-0.1, -0.05) is 12.1 Å². The zero-order chi connectivity index (χ0) is 16.4. The number of rotatable bonds is 2. The highest BCUT2D eigenvalue weighted by molar-refractivity contribution is 5.89. The predicted molar refractivity (Wildman–Crippen MR) is 87.5 cm³/mol. The molecule has 0 amide bonds. The Bertz CT molecular complexity index is 797. The van der Waals surface area contributed by atoms with Crippen molar-refractivity contribution in [1.82, 2.24) is 9.47 Å². The topological polar surface area (TPSA) is 54.7 Å². The van der Waals surface area contributed by atoms with Crippen LogP contribution in [0.5, 0.6) is 0 Å². The third-order valence-electron chi connectivity index (χ3n) is 5.80. The van der Waals surface area contributed by atoms with E-state index in [1.54, 1.807) is 7.11 Å². The first-order valence-electron chi connectivity index (χ1n) is 8.03. The highest BCUT2D eigenvalue weighted by Gasteiger charge is 2.53. The number of carboxylic acids is 1. The summed E-state index contributed by atoms with van der Waals surface area (Å²) in [5.74, 6) is -1.14. The number of carbonyl (C=O) groups is 1. The maximum atomic E-state index is 11.6. The van der Waals surface area contributed by atoms with Crippen molar-refractivity contribution in [2.45, 2.75) is 24.5 Å². The third-order valence-corrected chi connectivity index (χ3v) is 5.80. The van der Waals surface area contributed by atoms with E-state index >= 15 is 0 Å². The third kappa shape index (κ3) is 1.83. The number of aromatic nitrogens is 1. The summed E-state index contributed by atoms with van der Waals surface area (Å²) >= 11 is 0. The molecule has 1 aliphatic heterocycles. The van der Waals surface area contributed by atoms with Crippen molar-refractivity contribution in [2.75, 3.05) is 20.7 Å². The van der Waals surface area contributed by atoms with Crippen molar-refractivity contribution in [3.63, 3.8) is 0 Å². The number of ether oxygens (including phenoxy) is 1. The summed E-state index contributed by atoms with van der Waals surface area (Å²) in [6, 6.07) is 6.45. The molecule has 0 radical (unpaired) electrons. The second kappa shape index (κ2) is 4.82. The van der Waals surface area contributed by atoms with E-state index < -0.39 is 17.5 Å². The van der Waals surface area contributed by atoms with Crippen LogP contribution in [0.15, 0.2) is 24.4 Å². The van der Waals surface area contributed by atoms with Gasteiger partial charge in [0.1, 0.15) is 5.60 Å². The Balaban J connectivity index is 1.97. The van der Waals surface area contributed by atoms with E-state index in [0.717, 1.165) is 12.0 Å². The van der Waals surface area contributed by atoms with E-state index in [0.29, 0.717) is 13.0 Å². The summed E-state index contributed by atoms with van der Waals surface area (Å²) in [5, 5.41) is 10.8. The minimum atomic E-state index is -0.738. The van der Waals surface area contributed by atoms with Gasteiger partial charge in [0.15, 0.2) is 0 Å². The van der Waals surface area contributed by atoms with Crippen LogP contribution in [0.25, 0.3) is 10.9 Å². The normalized spacial score (nSPS) is 30.4. The molecule has 23 heavy (non-hydrogen) atoms. The van der Waals surface area contributed by atoms with Crippen molar-refractivity contribution in [1.29, 1.82) is 0 Å². The van der Waals surface area contributed by atoms with Crippen molar-refractivity contribution < 1.29 is 14.6 Å². The minimum absolute atomic E-state index is 0.170. The number of methoxy groups -OCH3 is 1. The van der Waals surface area contributed by atoms with Crippen LogP contribution in [0, 0.1) is 5.92 Å². The molecule has 2 heterocycles. The number of piperidine rings is 1. The lowest BCUT2D eigenvalue weighted by Crippen LogP contribution is -2.60. The monoisotopic (exact) mass is 316 g/mol. The SMILES string of the molecule is CO[C@]12C[C@@H]([14C](=O)O)CN(C)[C@@H]1Cc1cn(C)c3cccc2c13. The van der Waals surface area contributed by atoms with Gasteiger partial charge in [0.25, 0.3) is 0 Å². The highest BCUT2D eigenvalue weighted by atomic mass is 16.6. The molecule has 0 unspecified atom stereocenters. The van der Waals surface area contributed by atoms with E-state index in [1.807, 2.05) is 7.05 Å². The van der Waals surface area contributed by atoms with Crippen LogP contribution in [0.3, 0.4) is 0 Å². The van der Waals surface area contributed by atoms with Gasteiger partial charge in [0.2, 0.25) is 0 Å². The summed E-state index contributed by atoms with van der Waals surface area (Å²) in [6.07, 6.45) is 3.62. The number of aliphatic carboxylic acids is 1. The van der Waals surface area contributed by atoms with Crippen LogP contribution in [-0.2, 0) is 28.6 Å². The summed E-state index contributed by atoms with van der Waals surface area (Å²) < 4.78 is 8.23. The van der Waals surface area contributed by atoms with E-state index in [1.165, 1.54) is 16.5 Å². The Morgan fingerprint density at radius 3 is 2.87 bits per heavy atom. The maximum absolute atomic E-state index is 11.6. The zero-order valence-electron chi connectivity index (χ0n) is 13.7. The molecule has 5 heteroatoms. The number of likely N-dealkylation sites (tertiary alicyclic amines) is 1. The molecule has 2 aromatic rings. The van der Waals surface area contributed by atoms with Crippen molar-refractivity contribution >= 4 is 16.9 Å². The quantitative estimate of drug-likeness (QED) is 0.920. The Morgan fingerprint density at radius 1 is 1.39 bits per heavy atom. The molecule has 122 valence electrons. The van der Waals surface area contributed by atoms with Gasteiger partial charge in [-0.15, -0.1) is 0 Å². The standard InChI is InChI=1S/C18H22N2O3/c1-19-9-11-7-15-18(23-3,8-12(17(21)22)10-20(15)2)13-5-4-6-14(19)16(11)13/h4-6,9,12,15H,7-8,10H2,1-3H3,(H,21,22)/t12-,15-,18+/m1/s1/i17+2. The van der Waals surface area contributed by atoms with Crippen LogP contribution in [0.2, 0.25) is 0 Å². The number of likely N-dealkylation sites (N-methyl/N-ethyl adjacent to an activating group) is 1. The molecule has 1 aromatic carbocycles. The van der Waals surface area contributed by atoms with Crippen LogP contribution in [0.1, 0.15) is 17.5 Å². The number of hydrogen-bond donors (Lipinski definition) is 1. The van der Waals surface area contributed by atoms with Gasteiger partial charge in [-0.3, -0.25) is 9.69 Å². The molecule has 3 atom stereocenters. The molecule has 1 saturated heterocycles. The highest BCUT2D eigenvalue weighted by Crippen LogP contribution is 2.49. The molecule has 0 spiro atoms. The van der Waals surface area contributed by atoms with E-state index in [2.05, 4.69) is 40.9 Å². The molecular weight excluding hydrogens is 294 g/mol. The lowest BCUT2D eigenvalue weighted by molar-refractivity contribution is -0.160. The molecule has 1 aromatic heterocycles. The number of hydrogen-bond acceptors (Lipinski definition) is 3. The van der Waals surface area contributed by atoms with Gasteiger partial charge < -0.3 is 14.4 Å². The van der Waals surface area contributed by atoms with Crippen LogP contribution in [-0.4, -0.2) is 47.3 Å². The first kappa shape index (κ1) is 14.7. The zero-order valence-corrected chi connectivity index (χ0v) is 13.7. The summed E-state index contributed by atoms with van der Waals surface area (Å²) in [7, 11) is 5.80. The first-order chi connectivity index (χ1) is 11.0. The second-order valence-electron chi connectivity index (χ2n) is 6.96. The molecule has 1 N–H and O–H groups in total. The predicted octanol–water partition coefficient (Wildman–Crippen LogP) is 1.98. The average molecular weight is 316 g/mol. The van der Waals surface area contributed by atoms with Crippen molar-refractivity contribution in [3.8, 4) is 0 Å². The van der Waals surface area contributed by atoms with Crippen LogP contribution >= 0.6 is 0 Å². The van der Waals surface area contributed by atoms with Gasteiger partial charge in [-0.05, 0) is 37.1 Å². The van der Waals surface area contributed by atoms with Crippen LogP contribution in [0.4, 0.5) is 0 Å². The number of benzene rings is 1. The van der Waals surface area contributed by atoms with Crippen LogP contribution < -0.4 is 0 Å². The van der Waals surface area contributed by atoms with E-state index in [9.17, 15) is 9.90 Å². The fraction of sp³-hybridized carbons (Fsp3) is 0.500. The smallest absolute Gasteiger partial charge is 0.307 e. The van der Waals surface area contributed by atoms with Gasteiger partial charge in [-0.2, -0.15) is 0 Å². The molecule has 1 fully saturated rings. The summed E-state index contributed by atoms with van der Waals surface area (Å²) in [6.45, 7) is 0.573. The average Bonchev–Trinajstić information content (AvgIpc) is 2.86.